The zero-order chi connectivity index (χ0) is 12.1. The average Bonchev–Trinajstić information content (AvgIpc) is 2.01. The second-order valence-corrected chi connectivity index (χ2v) is 5.95. The van der Waals surface area contributed by atoms with Crippen molar-refractivity contribution in [3.05, 3.63) is 0 Å². The lowest BCUT2D eigenvalue weighted by Crippen LogP contribution is -2.36. The Bertz CT molecular complexity index is 263. The fourth-order valence-corrected chi connectivity index (χ4v) is 1.59. The van der Waals surface area contributed by atoms with E-state index < -0.39 is 10.0 Å². The molecule has 0 aliphatic rings. The van der Waals surface area contributed by atoms with Gasteiger partial charge in [-0.1, -0.05) is 0 Å². The molecule has 0 saturated heterocycles. The number of aliphatic hydroxyl groups excluding tert-OH is 1. The van der Waals surface area contributed by atoms with Crippen molar-refractivity contribution in [2.75, 3.05) is 26.5 Å². The molecule has 0 fully saturated rings. The summed E-state index contributed by atoms with van der Waals surface area (Å²) < 4.78 is 29.1. The van der Waals surface area contributed by atoms with Crippen LogP contribution in [0.4, 0.5) is 0 Å². The molecule has 1 atom stereocenters. The molecule has 0 spiro atoms. The quantitative estimate of drug-likeness (QED) is 0.682. The maximum atomic E-state index is 11.2. The Balaban J connectivity index is 4.28. The number of hydrogen-bond donors (Lipinski definition) is 1. The van der Waals surface area contributed by atoms with Gasteiger partial charge in [-0.3, -0.25) is 0 Å². The monoisotopic (exact) mass is 239 g/mol. The lowest BCUT2D eigenvalue weighted by Gasteiger charge is -2.24. The highest BCUT2D eigenvalue weighted by Gasteiger charge is 2.18. The summed E-state index contributed by atoms with van der Waals surface area (Å²) >= 11 is 0. The fraction of sp³-hybridized carbons (Fsp3) is 1.00. The molecule has 6 heteroatoms. The lowest BCUT2D eigenvalue weighted by atomic mass is 10.2. The Hall–Kier alpha value is -0.170. The number of hydrogen-bond acceptors (Lipinski definition) is 4. The topological polar surface area (TPSA) is 66.8 Å². The summed E-state index contributed by atoms with van der Waals surface area (Å²) in [4.78, 5) is 0. The van der Waals surface area contributed by atoms with Gasteiger partial charge >= 0.3 is 0 Å². The molecule has 92 valence electrons. The van der Waals surface area contributed by atoms with E-state index >= 15 is 0 Å². The normalized spacial score (nSPS) is 14.9. The first-order valence-corrected chi connectivity index (χ1v) is 6.79. The zero-order valence-electron chi connectivity index (χ0n) is 9.80. The van der Waals surface area contributed by atoms with Crippen LogP contribution in [0.1, 0.15) is 20.3 Å². The van der Waals surface area contributed by atoms with Crippen LogP contribution in [0.5, 0.6) is 0 Å². The number of sulfonamides is 1. The van der Waals surface area contributed by atoms with Crippen LogP contribution in [0.2, 0.25) is 0 Å². The molecule has 0 amide bonds. The molecule has 0 unspecified atom stereocenters. The van der Waals surface area contributed by atoms with E-state index in [0.29, 0.717) is 6.42 Å². The number of nitrogens with zero attached hydrogens (tertiary/aromatic N) is 1. The van der Waals surface area contributed by atoms with E-state index in [0.717, 1.165) is 6.26 Å². The van der Waals surface area contributed by atoms with Crippen molar-refractivity contribution in [1.29, 1.82) is 0 Å². The molecule has 0 aromatic heterocycles. The summed E-state index contributed by atoms with van der Waals surface area (Å²) in [6, 6.07) is 0. The highest BCUT2D eigenvalue weighted by molar-refractivity contribution is 7.88. The molecular formula is C9H21NO4S. The van der Waals surface area contributed by atoms with E-state index in [-0.39, 0.29) is 25.4 Å². The summed E-state index contributed by atoms with van der Waals surface area (Å²) in [5.41, 5.74) is 0. The SMILES string of the molecule is CC(C)O[C@@H](CCO)CN(C)S(C)(=O)=O. The van der Waals surface area contributed by atoms with Crippen LogP contribution in [0, 0.1) is 0 Å². The molecular weight excluding hydrogens is 218 g/mol. The maximum Gasteiger partial charge on any atom is 0.211 e. The van der Waals surface area contributed by atoms with E-state index in [1.807, 2.05) is 13.8 Å². The van der Waals surface area contributed by atoms with Crippen LogP contribution in [0.3, 0.4) is 0 Å². The molecule has 5 nitrogen and oxygen atoms in total. The molecule has 0 aliphatic heterocycles. The van der Waals surface area contributed by atoms with Gasteiger partial charge in [-0.15, -0.1) is 0 Å². The van der Waals surface area contributed by atoms with E-state index in [4.69, 9.17) is 9.84 Å². The third-order valence-electron chi connectivity index (χ3n) is 1.94. The van der Waals surface area contributed by atoms with Gasteiger partial charge in [-0.2, -0.15) is 0 Å². The van der Waals surface area contributed by atoms with Crippen LogP contribution in [0.25, 0.3) is 0 Å². The van der Waals surface area contributed by atoms with Gasteiger partial charge < -0.3 is 9.84 Å². The largest absolute Gasteiger partial charge is 0.396 e. The second kappa shape index (κ2) is 6.42. The molecule has 0 aliphatic carbocycles. The molecule has 15 heavy (non-hydrogen) atoms. The minimum atomic E-state index is -3.18. The molecule has 0 aromatic carbocycles. The summed E-state index contributed by atoms with van der Waals surface area (Å²) in [7, 11) is -1.68. The predicted octanol–water partition coefficient (Wildman–Crippen LogP) is 0.0538. The minimum absolute atomic E-state index is 0.00497. The summed E-state index contributed by atoms with van der Waals surface area (Å²) in [5.74, 6) is 0. The van der Waals surface area contributed by atoms with E-state index in [9.17, 15) is 8.42 Å². The van der Waals surface area contributed by atoms with Crippen LogP contribution in [-0.2, 0) is 14.8 Å². The molecule has 0 aromatic rings. The summed E-state index contributed by atoms with van der Waals surface area (Å²) in [5, 5.41) is 8.82. The Morgan fingerprint density at radius 1 is 1.40 bits per heavy atom. The van der Waals surface area contributed by atoms with Gasteiger partial charge in [0.2, 0.25) is 10.0 Å². The zero-order valence-corrected chi connectivity index (χ0v) is 10.6. The van der Waals surface area contributed by atoms with Gasteiger partial charge in [0.15, 0.2) is 0 Å². The van der Waals surface area contributed by atoms with Crippen molar-refractivity contribution in [2.24, 2.45) is 0 Å². The van der Waals surface area contributed by atoms with E-state index in [1.165, 1.54) is 11.4 Å². The lowest BCUT2D eigenvalue weighted by molar-refractivity contribution is -0.0112. The Morgan fingerprint density at radius 2 is 1.93 bits per heavy atom. The van der Waals surface area contributed by atoms with Crippen LogP contribution >= 0.6 is 0 Å². The first-order chi connectivity index (χ1) is 6.77. The van der Waals surface area contributed by atoms with Crippen LogP contribution < -0.4 is 0 Å². The third-order valence-corrected chi connectivity index (χ3v) is 3.22. The van der Waals surface area contributed by atoms with Gasteiger partial charge in [0, 0.05) is 20.2 Å². The summed E-state index contributed by atoms with van der Waals surface area (Å²) in [6.07, 6.45) is 1.36. The van der Waals surface area contributed by atoms with Gasteiger partial charge in [-0.05, 0) is 20.3 Å². The first-order valence-electron chi connectivity index (χ1n) is 4.95. The van der Waals surface area contributed by atoms with E-state index in [2.05, 4.69) is 0 Å². The second-order valence-electron chi connectivity index (χ2n) is 3.86. The maximum absolute atomic E-state index is 11.2. The van der Waals surface area contributed by atoms with Gasteiger partial charge in [0.05, 0.1) is 18.5 Å². The molecule has 1 N–H and O–H groups in total. The van der Waals surface area contributed by atoms with Crippen molar-refractivity contribution in [3.8, 4) is 0 Å². The standard InChI is InChI=1S/C9H21NO4S/c1-8(2)14-9(5-6-11)7-10(3)15(4,12)13/h8-9,11H,5-7H2,1-4H3/t9-/m0/s1. The van der Waals surface area contributed by atoms with Crippen molar-refractivity contribution < 1.29 is 18.3 Å². The molecule has 0 bridgehead atoms. The number of rotatable bonds is 7. The van der Waals surface area contributed by atoms with Gasteiger partial charge in [0.25, 0.3) is 0 Å². The molecule has 0 rings (SSSR count). The van der Waals surface area contributed by atoms with Crippen molar-refractivity contribution >= 4 is 10.0 Å². The number of likely N-dealkylation sites (N-methyl/N-ethyl adjacent to an activating group) is 1. The molecule has 0 heterocycles. The molecule has 0 radical (unpaired) electrons. The molecule has 0 saturated carbocycles. The van der Waals surface area contributed by atoms with Crippen molar-refractivity contribution in [3.63, 3.8) is 0 Å². The number of aliphatic hydroxyl groups is 1. The summed E-state index contributed by atoms with van der Waals surface area (Å²) in [6.45, 7) is 4.03. The smallest absolute Gasteiger partial charge is 0.211 e. The van der Waals surface area contributed by atoms with E-state index in [1.54, 1.807) is 0 Å². The fourth-order valence-electron chi connectivity index (χ4n) is 1.15. The highest BCUT2D eigenvalue weighted by Crippen LogP contribution is 2.06. The first kappa shape index (κ1) is 14.8. The van der Waals surface area contributed by atoms with Crippen molar-refractivity contribution in [2.45, 2.75) is 32.5 Å². The predicted molar refractivity (Wildman–Crippen MR) is 59.2 cm³/mol. The van der Waals surface area contributed by atoms with Gasteiger partial charge in [0.1, 0.15) is 0 Å². The highest BCUT2D eigenvalue weighted by atomic mass is 32.2. The average molecular weight is 239 g/mol. The Kier molecular flexibility index (Phi) is 6.35. The minimum Gasteiger partial charge on any atom is -0.396 e. The van der Waals surface area contributed by atoms with Crippen LogP contribution in [0.15, 0.2) is 0 Å². The number of ether oxygens (including phenoxy) is 1. The Labute approximate surface area is 92.1 Å². The van der Waals surface area contributed by atoms with Gasteiger partial charge in [-0.25, -0.2) is 12.7 Å². The van der Waals surface area contributed by atoms with Crippen LogP contribution in [-0.4, -0.2) is 56.5 Å². The third kappa shape index (κ3) is 6.83. The van der Waals surface area contributed by atoms with Crippen molar-refractivity contribution in [1.82, 2.24) is 4.31 Å². The Morgan fingerprint density at radius 3 is 2.27 bits per heavy atom.